The zero-order valence-corrected chi connectivity index (χ0v) is 21.8. The predicted molar refractivity (Wildman–Crippen MR) is 146 cm³/mol. The van der Waals surface area contributed by atoms with Crippen molar-refractivity contribution in [2.24, 2.45) is 0 Å². The van der Waals surface area contributed by atoms with E-state index in [4.69, 9.17) is 9.72 Å². The first-order chi connectivity index (χ1) is 17.8. The molecule has 1 saturated heterocycles. The van der Waals surface area contributed by atoms with Gasteiger partial charge in [-0.15, -0.1) is 0 Å². The highest BCUT2D eigenvalue weighted by Crippen LogP contribution is 2.31. The minimum atomic E-state index is -0.168. The summed E-state index contributed by atoms with van der Waals surface area (Å²) >= 11 is 0. The SMILES string of the molecule is Cc1ccc(NC(=O)c2ccc3nc(-c4c(C)cc(OCC(=O)N5CCCC5)cc4C)[nH]c3c2)cc1C. The number of carbonyl (C=O) groups excluding carboxylic acids is 2. The van der Waals surface area contributed by atoms with E-state index in [9.17, 15) is 9.59 Å². The van der Waals surface area contributed by atoms with E-state index in [0.29, 0.717) is 11.3 Å². The number of hydrogen-bond donors (Lipinski definition) is 2. The lowest BCUT2D eigenvalue weighted by atomic mass is 10.0. The normalized spacial score (nSPS) is 13.2. The zero-order chi connectivity index (χ0) is 26.1. The second kappa shape index (κ2) is 10.1. The first-order valence-corrected chi connectivity index (χ1v) is 12.7. The summed E-state index contributed by atoms with van der Waals surface area (Å²) in [4.78, 5) is 35.2. The van der Waals surface area contributed by atoms with Crippen LogP contribution in [0.5, 0.6) is 5.75 Å². The largest absolute Gasteiger partial charge is 0.484 e. The number of hydrogen-bond acceptors (Lipinski definition) is 4. The van der Waals surface area contributed by atoms with Gasteiger partial charge in [0, 0.05) is 29.9 Å². The summed E-state index contributed by atoms with van der Waals surface area (Å²) < 4.78 is 5.83. The number of ether oxygens (including phenoxy) is 1. The molecule has 4 aromatic rings. The lowest BCUT2D eigenvalue weighted by Gasteiger charge is -2.16. The molecule has 5 rings (SSSR count). The van der Waals surface area contributed by atoms with Gasteiger partial charge in [0.05, 0.1) is 11.0 Å². The number of aromatic amines is 1. The average Bonchev–Trinajstić information content (AvgIpc) is 3.54. The number of amides is 2. The maximum atomic E-state index is 12.9. The molecule has 0 bridgehead atoms. The summed E-state index contributed by atoms with van der Waals surface area (Å²) in [6, 6.07) is 15.2. The number of rotatable bonds is 6. The molecule has 1 aliphatic heterocycles. The first-order valence-electron chi connectivity index (χ1n) is 12.7. The Morgan fingerprint density at radius 2 is 1.65 bits per heavy atom. The number of fused-ring (bicyclic) bond motifs is 1. The molecule has 2 N–H and O–H groups in total. The summed E-state index contributed by atoms with van der Waals surface area (Å²) in [5.74, 6) is 1.27. The van der Waals surface area contributed by atoms with E-state index < -0.39 is 0 Å². The van der Waals surface area contributed by atoms with Crippen molar-refractivity contribution in [3.05, 3.63) is 76.3 Å². The summed E-state index contributed by atoms with van der Waals surface area (Å²) in [5.41, 5.74) is 8.19. The van der Waals surface area contributed by atoms with Crippen molar-refractivity contribution in [3.63, 3.8) is 0 Å². The van der Waals surface area contributed by atoms with Gasteiger partial charge >= 0.3 is 0 Å². The van der Waals surface area contributed by atoms with Gasteiger partial charge in [0.15, 0.2) is 6.61 Å². The van der Waals surface area contributed by atoms with Crippen molar-refractivity contribution in [1.29, 1.82) is 0 Å². The van der Waals surface area contributed by atoms with Crippen LogP contribution in [0.15, 0.2) is 48.5 Å². The first kappa shape index (κ1) is 24.6. The fourth-order valence-electron chi connectivity index (χ4n) is 4.88. The maximum absolute atomic E-state index is 12.9. The Balaban J connectivity index is 1.34. The highest BCUT2D eigenvalue weighted by atomic mass is 16.5. The molecule has 1 fully saturated rings. The van der Waals surface area contributed by atoms with Crippen LogP contribution in [0, 0.1) is 27.7 Å². The lowest BCUT2D eigenvalue weighted by Crippen LogP contribution is -2.32. The molecule has 0 unspecified atom stereocenters. The Kier molecular flexibility index (Phi) is 6.70. The summed E-state index contributed by atoms with van der Waals surface area (Å²) in [6.45, 7) is 9.78. The quantitative estimate of drug-likeness (QED) is 0.358. The number of likely N-dealkylation sites (tertiary alicyclic amines) is 1. The molecule has 0 spiro atoms. The van der Waals surface area contributed by atoms with Crippen molar-refractivity contribution in [2.75, 3.05) is 25.0 Å². The van der Waals surface area contributed by atoms with Gasteiger partial charge in [-0.1, -0.05) is 6.07 Å². The van der Waals surface area contributed by atoms with Gasteiger partial charge in [0.1, 0.15) is 11.6 Å². The molecule has 1 aliphatic rings. The number of anilines is 1. The van der Waals surface area contributed by atoms with Gasteiger partial charge in [0.25, 0.3) is 11.8 Å². The van der Waals surface area contributed by atoms with Crippen LogP contribution in [0.4, 0.5) is 5.69 Å². The summed E-state index contributed by atoms with van der Waals surface area (Å²) in [6.07, 6.45) is 2.13. The standard InChI is InChI=1S/C30H32N4O3/c1-18-7-9-23(13-19(18)2)31-30(36)22-8-10-25-26(16-22)33-29(32-25)28-20(3)14-24(15-21(28)4)37-17-27(35)34-11-5-6-12-34/h7-10,13-16H,5-6,11-12,17H2,1-4H3,(H,31,36)(H,32,33). The molecule has 0 aliphatic carbocycles. The number of aromatic nitrogens is 2. The fraction of sp³-hybridized carbons (Fsp3) is 0.300. The topological polar surface area (TPSA) is 87.3 Å². The van der Waals surface area contributed by atoms with Crippen LogP contribution < -0.4 is 10.1 Å². The Labute approximate surface area is 216 Å². The maximum Gasteiger partial charge on any atom is 0.260 e. The molecule has 7 nitrogen and oxygen atoms in total. The number of nitrogens with zero attached hydrogens (tertiary/aromatic N) is 2. The van der Waals surface area contributed by atoms with Crippen LogP contribution in [0.1, 0.15) is 45.5 Å². The molecule has 37 heavy (non-hydrogen) atoms. The molecule has 3 aromatic carbocycles. The van der Waals surface area contributed by atoms with Gasteiger partial charge in [0.2, 0.25) is 0 Å². The second-order valence-electron chi connectivity index (χ2n) is 9.88. The highest BCUT2D eigenvalue weighted by molar-refractivity contribution is 6.06. The number of imidazole rings is 1. The number of carbonyl (C=O) groups is 2. The van der Waals surface area contributed by atoms with Crippen molar-refractivity contribution in [2.45, 2.75) is 40.5 Å². The van der Waals surface area contributed by atoms with Crippen LogP contribution in [0.2, 0.25) is 0 Å². The van der Waals surface area contributed by atoms with Crippen LogP contribution in [0.25, 0.3) is 22.4 Å². The number of nitrogens with one attached hydrogen (secondary N) is 2. The Morgan fingerprint density at radius 3 is 2.35 bits per heavy atom. The van der Waals surface area contributed by atoms with Gasteiger partial charge in [-0.2, -0.15) is 0 Å². The molecule has 1 aromatic heterocycles. The minimum Gasteiger partial charge on any atom is -0.484 e. The van der Waals surface area contributed by atoms with Crippen molar-refractivity contribution >= 4 is 28.5 Å². The molecule has 0 atom stereocenters. The Hall–Kier alpha value is -4.13. The molecule has 190 valence electrons. The Morgan fingerprint density at radius 1 is 0.919 bits per heavy atom. The van der Waals surface area contributed by atoms with E-state index in [0.717, 1.165) is 70.7 Å². The fourth-order valence-corrected chi connectivity index (χ4v) is 4.88. The third-order valence-corrected chi connectivity index (χ3v) is 7.07. The zero-order valence-electron chi connectivity index (χ0n) is 21.8. The number of H-pyrrole nitrogens is 1. The van der Waals surface area contributed by atoms with E-state index in [1.54, 1.807) is 6.07 Å². The molecule has 0 saturated carbocycles. The molecule has 0 radical (unpaired) electrons. The summed E-state index contributed by atoms with van der Waals surface area (Å²) in [5, 5.41) is 2.98. The van der Waals surface area contributed by atoms with Gasteiger partial charge in [-0.3, -0.25) is 9.59 Å². The predicted octanol–water partition coefficient (Wildman–Crippen LogP) is 5.72. The van der Waals surface area contributed by atoms with Gasteiger partial charge in [-0.25, -0.2) is 4.98 Å². The van der Waals surface area contributed by atoms with Crippen LogP contribution >= 0.6 is 0 Å². The minimum absolute atomic E-state index is 0.0338. The van der Waals surface area contributed by atoms with E-state index in [1.807, 2.05) is 75.1 Å². The van der Waals surface area contributed by atoms with E-state index in [2.05, 4.69) is 10.3 Å². The Bertz CT molecular complexity index is 1480. The number of aryl methyl sites for hydroxylation is 4. The van der Waals surface area contributed by atoms with Crippen LogP contribution in [0.3, 0.4) is 0 Å². The van der Waals surface area contributed by atoms with Crippen molar-refractivity contribution in [1.82, 2.24) is 14.9 Å². The van der Waals surface area contributed by atoms with E-state index in [-0.39, 0.29) is 18.4 Å². The molecular weight excluding hydrogens is 464 g/mol. The van der Waals surface area contributed by atoms with Crippen molar-refractivity contribution < 1.29 is 14.3 Å². The van der Waals surface area contributed by atoms with Crippen LogP contribution in [-0.4, -0.2) is 46.4 Å². The van der Waals surface area contributed by atoms with Gasteiger partial charge in [-0.05, 0) is 105 Å². The second-order valence-corrected chi connectivity index (χ2v) is 9.88. The third-order valence-electron chi connectivity index (χ3n) is 7.07. The smallest absolute Gasteiger partial charge is 0.260 e. The molecule has 7 heteroatoms. The monoisotopic (exact) mass is 496 g/mol. The molecular formula is C30H32N4O3. The van der Waals surface area contributed by atoms with Crippen molar-refractivity contribution in [3.8, 4) is 17.1 Å². The molecule has 2 heterocycles. The van der Waals surface area contributed by atoms with Crippen LogP contribution in [-0.2, 0) is 4.79 Å². The summed E-state index contributed by atoms with van der Waals surface area (Å²) in [7, 11) is 0. The van der Waals surface area contributed by atoms with E-state index in [1.165, 1.54) is 5.56 Å². The van der Waals surface area contributed by atoms with E-state index >= 15 is 0 Å². The molecule has 2 amide bonds. The third kappa shape index (κ3) is 5.21. The van der Waals surface area contributed by atoms with Gasteiger partial charge < -0.3 is 19.9 Å². The lowest BCUT2D eigenvalue weighted by molar-refractivity contribution is -0.132. The average molecular weight is 497 g/mol. The highest BCUT2D eigenvalue weighted by Gasteiger charge is 2.19. The number of benzene rings is 3.